The third-order valence-electron chi connectivity index (χ3n) is 4.86. The lowest BCUT2D eigenvalue weighted by Crippen LogP contribution is -2.44. The van der Waals surface area contributed by atoms with Crippen molar-refractivity contribution in [2.24, 2.45) is 0 Å². The summed E-state index contributed by atoms with van der Waals surface area (Å²) in [4.78, 5) is 1.50. The fourth-order valence-electron chi connectivity index (χ4n) is 3.23. The molecule has 2 rings (SSSR count). The number of rotatable bonds is 7. The predicted octanol–water partition coefficient (Wildman–Crippen LogP) is 4.78. The van der Waals surface area contributed by atoms with E-state index in [1.807, 2.05) is 11.8 Å². The summed E-state index contributed by atoms with van der Waals surface area (Å²) >= 11 is 2.01. The summed E-state index contributed by atoms with van der Waals surface area (Å²) < 4.78 is 0. The maximum absolute atomic E-state index is 3.66. The molecule has 0 amide bonds. The lowest BCUT2D eigenvalue weighted by atomic mass is 9.72. The number of thioether (sulfide) groups is 1. The molecule has 0 fully saturated rings. The van der Waals surface area contributed by atoms with Crippen molar-refractivity contribution in [2.75, 3.05) is 12.3 Å². The van der Waals surface area contributed by atoms with Gasteiger partial charge < -0.3 is 5.32 Å². The van der Waals surface area contributed by atoms with Crippen molar-refractivity contribution in [3.63, 3.8) is 0 Å². The maximum Gasteiger partial charge on any atom is 0.0133 e. The van der Waals surface area contributed by atoms with Gasteiger partial charge >= 0.3 is 0 Å². The van der Waals surface area contributed by atoms with Crippen molar-refractivity contribution in [1.29, 1.82) is 0 Å². The first-order chi connectivity index (χ1) is 9.61. The molecule has 112 valence electrons. The number of nitrogens with one attached hydrogen (secondary N) is 1. The minimum atomic E-state index is 0.244. The van der Waals surface area contributed by atoms with Gasteiger partial charge in [0.2, 0.25) is 0 Å². The minimum Gasteiger partial charge on any atom is -0.314 e. The van der Waals surface area contributed by atoms with Crippen LogP contribution in [0.15, 0.2) is 23.1 Å². The number of likely N-dealkylation sites (N-methyl/N-ethyl adjacent to an activating group) is 1. The summed E-state index contributed by atoms with van der Waals surface area (Å²) in [6.45, 7) is 10.3. The molecule has 1 N–H and O–H groups in total. The van der Waals surface area contributed by atoms with Crippen LogP contribution in [0, 0.1) is 0 Å². The molecule has 1 aliphatic heterocycles. The molecule has 0 aliphatic carbocycles. The van der Waals surface area contributed by atoms with Gasteiger partial charge in [0, 0.05) is 22.1 Å². The molecule has 2 unspecified atom stereocenters. The van der Waals surface area contributed by atoms with E-state index in [9.17, 15) is 0 Å². The van der Waals surface area contributed by atoms with Crippen LogP contribution in [-0.2, 0) is 11.8 Å². The van der Waals surface area contributed by atoms with Crippen LogP contribution in [-0.4, -0.2) is 18.3 Å². The van der Waals surface area contributed by atoms with Crippen molar-refractivity contribution in [3.8, 4) is 0 Å². The molecule has 1 aromatic carbocycles. The Hall–Kier alpha value is -0.470. The molecule has 2 atom stereocenters. The molecule has 20 heavy (non-hydrogen) atoms. The number of unbranched alkanes of at least 4 members (excludes halogenated alkanes) is 1. The molecule has 0 bridgehead atoms. The summed E-state index contributed by atoms with van der Waals surface area (Å²) in [5, 5.41) is 3.66. The first-order valence-electron chi connectivity index (χ1n) is 8.11. The van der Waals surface area contributed by atoms with E-state index in [4.69, 9.17) is 0 Å². The highest BCUT2D eigenvalue weighted by Crippen LogP contribution is 2.38. The first kappa shape index (κ1) is 15.9. The summed E-state index contributed by atoms with van der Waals surface area (Å²) in [5.74, 6) is 1.26. The van der Waals surface area contributed by atoms with E-state index >= 15 is 0 Å². The zero-order valence-electron chi connectivity index (χ0n) is 13.5. The molecular weight excluding hydrogens is 262 g/mol. The molecule has 0 saturated carbocycles. The third kappa shape index (κ3) is 3.23. The van der Waals surface area contributed by atoms with Crippen molar-refractivity contribution in [1.82, 2.24) is 5.32 Å². The minimum absolute atomic E-state index is 0.244. The molecule has 1 nitrogen and oxygen atoms in total. The van der Waals surface area contributed by atoms with Crippen molar-refractivity contribution < 1.29 is 0 Å². The second-order valence-corrected chi connectivity index (χ2v) is 7.36. The Kier molecular flexibility index (Phi) is 5.57. The van der Waals surface area contributed by atoms with Gasteiger partial charge in [-0.05, 0) is 43.5 Å². The predicted molar refractivity (Wildman–Crippen MR) is 90.9 cm³/mol. The molecule has 0 spiro atoms. The zero-order valence-corrected chi connectivity index (χ0v) is 14.3. The second-order valence-electron chi connectivity index (χ2n) is 6.22. The number of hydrogen-bond acceptors (Lipinski definition) is 2. The molecule has 1 heterocycles. The van der Waals surface area contributed by atoms with Crippen LogP contribution < -0.4 is 5.32 Å². The second kappa shape index (κ2) is 7.00. The van der Waals surface area contributed by atoms with Crippen LogP contribution in [0.5, 0.6) is 0 Å². The standard InChI is InChI=1S/C18H29NS/c1-5-7-11-18(4,14(3)19-6-2)16-8-9-17-15(13-16)10-12-20-17/h8-9,13-14,19H,5-7,10-12H2,1-4H3. The molecule has 0 aromatic heterocycles. The van der Waals surface area contributed by atoms with Gasteiger partial charge in [0.05, 0.1) is 0 Å². The van der Waals surface area contributed by atoms with Crippen LogP contribution >= 0.6 is 11.8 Å². The van der Waals surface area contributed by atoms with Gasteiger partial charge in [-0.2, -0.15) is 0 Å². The van der Waals surface area contributed by atoms with E-state index < -0.39 is 0 Å². The molecular formula is C18H29NS. The maximum atomic E-state index is 3.66. The molecule has 1 aliphatic rings. The fraction of sp³-hybridized carbons (Fsp3) is 0.667. The average Bonchev–Trinajstić information content (AvgIpc) is 2.92. The highest BCUT2D eigenvalue weighted by atomic mass is 32.2. The van der Waals surface area contributed by atoms with Crippen LogP contribution in [0.3, 0.4) is 0 Å². The van der Waals surface area contributed by atoms with Gasteiger partial charge in [-0.15, -0.1) is 11.8 Å². The van der Waals surface area contributed by atoms with Crippen LogP contribution in [0.2, 0.25) is 0 Å². The Morgan fingerprint density at radius 1 is 1.35 bits per heavy atom. The van der Waals surface area contributed by atoms with Crippen LogP contribution in [0.25, 0.3) is 0 Å². The van der Waals surface area contributed by atoms with Gasteiger partial charge in [-0.25, -0.2) is 0 Å². The quantitative estimate of drug-likeness (QED) is 0.776. The Morgan fingerprint density at radius 2 is 2.15 bits per heavy atom. The number of aryl methyl sites for hydroxylation is 1. The van der Waals surface area contributed by atoms with Crippen LogP contribution in [0.4, 0.5) is 0 Å². The summed E-state index contributed by atoms with van der Waals surface area (Å²) in [5.41, 5.74) is 3.34. The lowest BCUT2D eigenvalue weighted by Gasteiger charge is -2.37. The summed E-state index contributed by atoms with van der Waals surface area (Å²) in [7, 11) is 0. The number of hydrogen-bond donors (Lipinski definition) is 1. The van der Waals surface area contributed by atoms with Gasteiger partial charge in [0.1, 0.15) is 0 Å². The van der Waals surface area contributed by atoms with Gasteiger partial charge in [-0.3, -0.25) is 0 Å². The van der Waals surface area contributed by atoms with Gasteiger partial charge in [0.15, 0.2) is 0 Å². The van der Waals surface area contributed by atoms with E-state index in [2.05, 4.69) is 51.2 Å². The monoisotopic (exact) mass is 291 g/mol. The van der Waals surface area contributed by atoms with E-state index in [1.54, 1.807) is 5.56 Å². The van der Waals surface area contributed by atoms with E-state index in [-0.39, 0.29) is 5.41 Å². The Balaban J connectivity index is 2.29. The fourth-order valence-corrected chi connectivity index (χ4v) is 4.28. The van der Waals surface area contributed by atoms with Crippen molar-refractivity contribution in [2.45, 2.75) is 69.7 Å². The topological polar surface area (TPSA) is 12.0 Å². The average molecular weight is 292 g/mol. The number of fused-ring (bicyclic) bond motifs is 1. The van der Waals surface area contributed by atoms with Gasteiger partial charge in [0.25, 0.3) is 0 Å². The lowest BCUT2D eigenvalue weighted by molar-refractivity contribution is 0.309. The van der Waals surface area contributed by atoms with Crippen molar-refractivity contribution in [3.05, 3.63) is 29.3 Å². The Morgan fingerprint density at radius 3 is 2.85 bits per heavy atom. The third-order valence-corrected chi connectivity index (χ3v) is 5.98. The van der Waals surface area contributed by atoms with E-state index in [0.29, 0.717) is 6.04 Å². The highest BCUT2D eigenvalue weighted by molar-refractivity contribution is 7.99. The molecule has 0 radical (unpaired) electrons. The smallest absolute Gasteiger partial charge is 0.0133 e. The number of benzene rings is 1. The zero-order chi connectivity index (χ0) is 14.6. The Labute approximate surface area is 128 Å². The van der Waals surface area contributed by atoms with Crippen LogP contribution in [0.1, 0.15) is 58.1 Å². The highest BCUT2D eigenvalue weighted by Gasteiger charge is 2.32. The van der Waals surface area contributed by atoms with E-state index in [0.717, 1.165) is 6.54 Å². The largest absolute Gasteiger partial charge is 0.314 e. The summed E-state index contributed by atoms with van der Waals surface area (Å²) in [6, 6.07) is 7.73. The molecule has 1 aromatic rings. The Bertz CT molecular complexity index is 443. The molecule has 0 saturated heterocycles. The van der Waals surface area contributed by atoms with Crippen molar-refractivity contribution >= 4 is 11.8 Å². The summed E-state index contributed by atoms with van der Waals surface area (Å²) in [6.07, 6.45) is 5.09. The normalized spacial score (nSPS) is 18.6. The SMILES string of the molecule is CCCCC(C)(c1ccc2c(c1)CCS2)C(C)NCC. The van der Waals surface area contributed by atoms with E-state index in [1.165, 1.54) is 41.9 Å². The first-order valence-corrected chi connectivity index (χ1v) is 9.10. The van der Waals surface area contributed by atoms with Gasteiger partial charge in [-0.1, -0.05) is 45.7 Å². The molecule has 2 heteroatoms.